The van der Waals surface area contributed by atoms with E-state index in [9.17, 15) is 0 Å². The minimum Gasteiger partial charge on any atom is -0.384 e. The Balaban J connectivity index is 1.78. The Morgan fingerprint density at radius 1 is 1.39 bits per heavy atom. The van der Waals surface area contributed by atoms with E-state index >= 15 is 0 Å². The third-order valence-electron chi connectivity index (χ3n) is 2.46. The van der Waals surface area contributed by atoms with Gasteiger partial charge in [0.25, 0.3) is 0 Å². The first-order valence-corrected chi connectivity index (χ1v) is 7.14. The minimum absolute atomic E-state index is 0.759. The monoisotopic (exact) mass is 281 g/mol. The van der Waals surface area contributed by atoms with Crippen LogP contribution in [0.3, 0.4) is 0 Å². The highest BCUT2D eigenvalue weighted by molar-refractivity contribution is 7.99. The minimum atomic E-state index is 0.759. The van der Waals surface area contributed by atoms with E-state index in [4.69, 9.17) is 11.6 Å². The molecule has 2 aromatic rings. The van der Waals surface area contributed by atoms with Gasteiger partial charge in [0.2, 0.25) is 0 Å². The van der Waals surface area contributed by atoms with Crippen molar-refractivity contribution in [3.8, 4) is 0 Å². The Kier molecular flexibility index (Phi) is 4.55. The van der Waals surface area contributed by atoms with E-state index in [0.717, 1.165) is 28.7 Å². The maximum Gasteiger partial charge on any atom is 0.0939 e. The van der Waals surface area contributed by atoms with Crippen LogP contribution in [0, 0.1) is 6.92 Å². The first-order chi connectivity index (χ1) is 8.65. The molecule has 0 atom stereocenters. The van der Waals surface area contributed by atoms with Gasteiger partial charge in [0, 0.05) is 30.1 Å². The SMILES string of the molecule is Cc1cc(SCCNc2cccc(Cl)c2)n(C)n1. The van der Waals surface area contributed by atoms with Gasteiger partial charge in [0.15, 0.2) is 0 Å². The van der Waals surface area contributed by atoms with E-state index in [1.807, 2.05) is 42.9 Å². The first kappa shape index (κ1) is 13.3. The van der Waals surface area contributed by atoms with Crippen molar-refractivity contribution in [3.05, 3.63) is 41.0 Å². The van der Waals surface area contributed by atoms with Crippen molar-refractivity contribution in [3.63, 3.8) is 0 Å². The van der Waals surface area contributed by atoms with E-state index in [0.29, 0.717) is 0 Å². The van der Waals surface area contributed by atoms with Crippen molar-refractivity contribution in [2.75, 3.05) is 17.6 Å². The van der Waals surface area contributed by atoms with Gasteiger partial charge < -0.3 is 5.32 Å². The van der Waals surface area contributed by atoms with Gasteiger partial charge in [-0.25, -0.2) is 0 Å². The summed E-state index contributed by atoms with van der Waals surface area (Å²) in [6.45, 7) is 2.91. The number of aryl methyl sites for hydroxylation is 2. The molecule has 0 fully saturated rings. The molecule has 0 aliphatic heterocycles. The summed E-state index contributed by atoms with van der Waals surface area (Å²) < 4.78 is 1.92. The number of hydrogen-bond acceptors (Lipinski definition) is 3. The number of nitrogens with one attached hydrogen (secondary N) is 1. The fourth-order valence-electron chi connectivity index (χ4n) is 1.67. The van der Waals surface area contributed by atoms with E-state index in [-0.39, 0.29) is 0 Å². The predicted octanol–water partition coefficient (Wildman–Crippen LogP) is 3.59. The molecule has 96 valence electrons. The topological polar surface area (TPSA) is 29.9 Å². The van der Waals surface area contributed by atoms with Crippen LogP contribution in [0.25, 0.3) is 0 Å². The number of rotatable bonds is 5. The summed E-state index contributed by atoms with van der Waals surface area (Å²) in [5, 5.41) is 9.62. The molecule has 0 aliphatic rings. The molecule has 0 bridgehead atoms. The molecule has 18 heavy (non-hydrogen) atoms. The van der Waals surface area contributed by atoms with Crippen LogP contribution in [0.5, 0.6) is 0 Å². The van der Waals surface area contributed by atoms with Gasteiger partial charge in [-0.3, -0.25) is 4.68 Å². The Labute approximate surface area is 117 Å². The lowest BCUT2D eigenvalue weighted by molar-refractivity contribution is 0.692. The summed E-state index contributed by atoms with van der Waals surface area (Å²) in [5.41, 5.74) is 2.12. The highest BCUT2D eigenvalue weighted by Gasteiger charge is 2.02. The summed E-state index contributed by atoms with van der Waals surface area (Å²) in [5.74, 6) is 0.992. The quantitative estimate of drug-likeness (QED) is 0.671. The maximum absolute atomic E-state index is 5.92. The number of halogens is 1. The molecule has 1 heterocycles. The Morgan fingerprint density at radius 3 is 2.89 bits per heavy atom. The third-order valence-corrected chi connectivity index (χ3v) is 3.79. The zero-order valence-electron chi connectivity index (χ0n) is 10.5. The average Bonchev–Trinajstić information content (AvgIpc) is 2.64. The van der Waals surface area contributed by atoms with Crippen LogP contribution < -0.4 is 5.32 Å². The van der Waals surface area contributed by atoms with Crippen molar-refractivity contribution in [2.24, 2.45) is 7.05 Å². The molecule has 2 rings (SSSR count). The van der Waals surface area contributed by atoms with Crippen LogP contribution in [0.1, 0.15) is 5.69 Å². The number of aromatic nitrogens is 2. The molecule has 3 nitrogen and oxygen atoms in total. The zero-order valence-corrected chi connectivity index (χ0v) is 12.1. The van der Waals surface area contributed by atoms with Gasteiger partial charge in [-0.2, -0.15) is 5.10 Å². The van der Waals surface area contributed by atoms with Crippen LogP contribution in [0.15, 0.2) is 35.4 Å². The van der Waals surface area contributed by atoms with E-state index in [1.165, 1.54) is 5.03 Å². The van der Waals surface area contributed by atoms with Crippen molar-refractivity contribution in [1.82, 2.24) is 9.78 Å². The molecule has 1 N–H and O–H groups in total. The fraction of sp³-hybridized carbons (Fsp3) is 0.308. The molecule has 0 saturated carbocycles. The van der Waals surface area contributed by atoms with E-state index in [2.05, 4.69) is 16.5 Å². The lowest BCUT2D eigenvalue weighted by Gasteiger charge is -2.06. The summed E-state index contributed by atoms with van der Waals surface area (Å²) >= 11 is 7.72. The first-order valence-electron chi connectivity index (χ1n) is 5.78. The Morgan fingerprint density at radius 2 is 2.22 bits per heavy atom. The molecule has 0 spiro atoms. The molecule has 1 aromatic heterocycles. The number of hydrogen-bond donors (Lipinski definition) is 1. The molecule has 0 unspecified atom stereocenters. The van der Waals surface area contributed by atoms with Crippen LogP contribution >= 0.6 is 23.4 Å². The standard InChI is InChI=1S/C13H16ClN3S/c1-10-8-13(17(2)16-10)18-7-6-15-12-5-3-4-11(14)9-12/h3-5,8-9,15H,6-7H2,1-2H3. The molecule has 1 aromatic carbocycles. The number of thioether (sulfide) groups is 1. The highest BCUT2D eigenvalue weighted by Crippen LogP contribution is 2.19. The zero-order chi connectivity index (χ0) is 13.0. The van der Waals surface area contributed by atoms with Crippen LogP contribution in [-0.2, 0) is 7.05 Å². The number of benzene rings is 1. The van der Waals surface area contributed by atoms with E-state index < -0.39 is 0 Å². The van der Waals surface area contributed by atoms with Crippen molar-refractivity contribution in [1.29, 1.82) is 0 Å². The van der Waals surface area contributed by atoms with Gasteiger partial charge >= 0.3 is 0 Å². The smallest absolute Gasteiger partial charge is 0.0939 e. The largest absolute Gasteiger partial charge is 0.384 e. The highest BCUT2D eigenvalue weighted by atomic mass is 35.5. The maximum atomic E-state index is 5.92. The number of anilines is 1. The van der Waals surface area contributed by atoms with Crippen LogP contribution in [-0.4, -0.2) is 22.1 Å². The van der Waals surface area contributed by atoms with Crippen LogP contribution in [0.4, 0.5) is 5.69 Å². The van der Waals surface area contributed by atoms with Crippen molar-refractivity contribution >= 4 is 29.1 Å². The normalized spacial score (nSPS) is 10.6. The average molecular weight is 282 g/mol. The molecule has 0 saturated heterocycles. The van der Waals surface area contributed by atoms with Gasteiger partial charge in [-0.15, -0.1) is 11.8 Å². The molecule has 0 radical (unpaired) electrons. The Hall–Kier alpha value is -1.13. The van der Waals surface area contributed by atoms with Gasteiger partial charge in [0.05, 0.1) is 10.7 Å². The lowest BCUT2D eigenvalue weighted by Crippen LogP contribution is -2.04. The number of nitrogens with zero attached hydrogens (tertiary/aromatic N) is 2. The summed E-state index contributed by atoms with van der Waals surface area (Å²) in [7, 11) is 1.97. The van der Waals surface area contributed by atoms with Gasteiger partial charge in [0.1, 0.15) is 0 Å². The van der Waals surface area contributed by atoms with Crippen LogP contribution in [0.2, 0.25) is 5.02 Å². The summed E-state index contributed by atoms with van der Waals surface area (Å²) in [6.07, 6.45) is 0. The summed E-state index contributed by atoms with van der Waals surface area (Å²) in [6, 6.07) is 9.87. The predicted molar refractivity (Wildman–Crippen MR) is 78.6 cm³/mol. The second-order valence-corrected chi connectivity index (χ2v) is 5.58. The molecule has 0 aliphatic carbocycles. The Bertz CT molecular complexity index is 525. The molecule has 5 heteroatoms. The van der Waals surface area contributed by atoms with Gasteiger partial charge in [-0.05, 0) is 31.2 Å². The second kappa shape index (κ2) is 6.16. The van der Waals surface area contributed by atoms with Crippen molar-refractivity contribution < 1.29 is 0 Å². The van der Waals surface area contributed by atoms with E-state index in [1.54, 1.807) is 11.8 Å². The summed E-state index contributed by atoms with van der Waals surface area (Å²) in [4.78, 5) is 0. The molecular formula is C13H16ClN3S. The lowest BCUT2D eigenvalue weighted by atomic mass is 10.3. The third kappa shape index (κ3) is 3.68. The second-order valence-electron chi connectivity index (χ2n) is 4.03. The molecular weight excluding hydrogens is 266 g/mol. The molecule has 0 amide bonds. The van der Waals surface area contributed by atoms with Gasteiger partial charge in [-0.1, -0.05) is 17.7 Å². The fourth-order valence-corrected chi connectivity index (χ4v) is 2.76. The van der Waals surface area contributed by atoms with Crippen molar-refractivity contribution in [2.45, 2.75) is 11.9 Å².